The zero-order chi connectivity index (χ0) is 17.3. The second-order valence-corrected chi connectivity index (χ2v) is 5.88. The molecule has 0 aliphatic carbocycles. The predicted octanol–water partition coefficient (Wildman–Crippen LogP) is 3.68. The van der Waals surface area contributed by atoms with Crippen molar-refractivity contribution < 1.29 is 14.3 Å². The molecule has 4 nitrogen and oxygen atoms in total. The molecule has 4 heteroatoms. The minimum Gasteiger partial charge on any atom is -0.493 e. The number of benzene rings is 2. The summed E-state index contributed by atoms with van der Waals surface area (Å²) in [6, 6.07) is 11.5. The van der Waals surface area contributed by atoms with Crippen LogP contribution in [-0.2, 0) is 6.42 Å². The third-order valence-electron chi connectivity index (χ3n) is 4.39. The molecule has 0 aromatic heterocycles. The maximum Gasteiger partial charge on any atom is 0.258 e. The number of ether oxygens (including phenoxy) is 2. The quantitative estimate of drug-likeness (QED) is 0.865. The number of rotatable bonds is 3. The molecule has 0 atom stereocenters. The third-order valence-corrected chi connectivity index (χ3v) is 4.39. The number of nitrogens with zero attached hydrogens (tertiary/aromatic N) is 1. The van der Waals surface area contributed by atoms with E-state index in [2.05, 4.69) is 6.58 Å². The molecule has 1 amide bonds. The first-order valence-electron chi connectivity index (χ1n) is 7.88. The molecule has 0 saturated heterocycles. The van der Waals surface area contributed by atoms with Crippen LogP contribution in [0.1, 0.15) is 27.0 Å². The van der Waals surface area contributed by atoms with E-state index < -0.39 is 0 Å². The van der Waals surface area contributed by atoms with Crippen LogP contribution in [0.3, 0.4) is 0 Å². The number of carbonyl (C=O) groups excluding carboxylic acids is 1. The van der Waals surface area contributed by atoms with E-state index in [0.29, 0.717) is 29.3 Å². The van der Waals surface area contributed by atoms with Crippen LogP contribution in [0.15, 0.2) is 43.0 Å². The van der Waals surface area contributed by atoms with Gasteiger partial charge >= 0.3 is 0 Å². The average Bonchev–Trinajstić information content (AvgIpc) is 2.61. The lowest BCUT2D eigenvalue weighted by Crippen LogP contribution is -2.34. The Labute approximate surface area is 142 Å². The summed E-state index contributed by atoms with van der Waals surface area (Å²) in [5, 5.41) is 0. The van der Waals surface area contributed by atoms with E-state index in [1.165, 1.54) is 0 Å². The lowest BCUT2D eigenvalue weighted by Gasteiger charge is -2.31. The molecule has 2 aromatic rings. The maximum absolute atomic E-state index is 12.8. The molecule has 24 heavy (non-hydrogen) atoms. The molecular formula is C20H21NO3. The van der Waals surface area contributed by atoms with Crippen molar-refractivity contribution in [1.82, 2.24) is 4.90 Å². The van der Waals surface area contributed by atoms with E-state index in [1.807, 2.05) is 43.3 Å². The van der Waals surface area contributed by atoms with Crippen molar-refractivity contribution in [2.45, 2.75) is 13.3 Å². The molecule has 0 unspecified atom stereocenters. The number of carbonyl (C=O) groups is 1. The van der Waals surface area contributed by atoms with Crippen LogP contribution < -0.4 is 9.47 Å². The van der Waals surface area contributed by atoms with Gasteiger partial charge in [0.2, 0.25) is 0 Å². The molecule has 1 aliphatic rings. The summed E-state index contributed by atoms with van der Waals surface area (Å²) in [6.07, 6.45) is 0.756. The first-order valence-corrected chi connectivity index (χ1v) is 7.88. The zero-order valence-electron chi connectivity index (χ0n) is 14.3. The van der Waals surface area contributed by atoms with E-state index >= 15 is 0 Å². The van der Waals surface area contributed by atoms with Crippen LogP contribution in [0, 0.1) is 6.92 Å². The summed E-state index contributed by atoms with van der Waals surface area (Å²) < 4.78 is 10.7. The molecular weight excluding hydrogens is 302 g/mol. The smallest absolute Gasteiger partial charge is 0.258 e. The van der Waals surface area contributed by atoms with E-state index in [-0.39, 0.29) is 5.91 Å². The summed E-state index contributed by atoms with van der Waals surface area (Å²) in [5.41, 5.74) is 4.55. The van der Waals surface area contributed by atoms with Crippen LogP contribution in [0.4, 0.5) is 0 Å². The lowest BCUT2D eigenvalue weighted by molar-refractivity contribution is 0.0833. The van der Waals surface area contributed by atoms with Gasteiger partial charge in [-0.3, -0.25) is 4.79 Å². The van der Waals surface area contributed by atoms with Crippen LogP contribution in [0.2, 0.25) is 0 Å². The highest BCUT2D eigenvalue weighted by Gasteiger charge is 2.27. The van der Waals surface area contributed by atoms with E-state index in [9.17, 15) is 4.79 Å². The van der Waals surface area contributed by atoms with Gasteiger partial charge < -0.3 is 14.4 Å². The van der Waals surface area contributed by atoms with Crippen molar-refractivity contribution in [2.24, 2.45) is 0 Å². The van der Waals surface area contributed by atoms with Crippen molar-refractivity contribution in [3.8, 4) is 11.5 Å². The van der Waals surface area contributed by atoms with Crippen molar-refractivity contribution >= 4 is 11.6 Å². The van der Waals surface area contributed by atoms with E-state index in [1.54, 1.807) is 19.1 Å². The molecule has 0 fully saturated rings. The Kier molecular flexibility index (Phi) is 4.30. The molecule has 2 aromatic carbocycles. The first-order chi connectivity index (χ1) is 11.5. The number of hydrogen-bond acceptors (Lipinski definition) is 3. The third kappa shape index (κ3) is 2.75. The van der Waals surface area contributed by atoms with Gasteiger partial charge in [0, 0.05) is 23.4 Å². The molecule has 0 bridgehead atoms. The van der Waals surface area contributed by atoms with Crippen LogP contribution >= 0.6 is 0 Å². The van der Waals surface area contributed by atoms with Crippen molar-refractivity contribution in [3.05, 3.63) is 65.2 Å². The number of aryl methyl sites for hydroxylation is 1. The van der Waals surface area contributed by atoms with Crippen LogP contribution in [0.25, 0.3) is 5.70 Å². The fourth-order valence-electron chi connectivity index (χ4n) is 2.99. The number of amides is 1. The fraction of sp³-hybridized carbons (Fsp3) is 0.250. The second kappa shape index (κ2) is 6.40. The van der Waals surface area contributed by atoms with Gasteiger partial charge in [0.1, 0.15) is 0 Å². The summed E-state index contributed by atoms with van der Waals surface area (Å²) in [7, 11) is 3.22. The van der Waals surface area contributed by atoms with Crippen molar-refractivity contribution in [1.29, 1.82) is 0 Å². The zero-order valence-corrected chi connectivity index (χ0v) is 14.3. The van der Waals surface area contributed by atoms with Gasteiger partial charge in [0.25, 0.3) is 5.91 Å². The molecule has 124 valence electrons. The lowest BCUT2D eigenvalue weighted by atomic mass is 9.95. The number of hydrogen-bond donors (Lipinski definition) is 0. The summed E-state index contributed by atoms with van der Waals surface area (Å²) >= 11 is 0. The molecule has 0 spiro atoms. The van der Waals surface area contributed by atoms with Gasteiger partial charge in [0.05, 0.1) is 14.2 Å². The topological polar surface area (TPSA) is 38.8 Å². The SMILES string of the molecule is C=C1c2cc(OC)c(OC)cc2CCN1C(=O)c1ccc(C)cc1. The maximum atomic E-state index is 12.8. The normalized spacial score (nSPS) is 13.5. The Hall–Kier alpha value is -2.75. The Bertz CT molecular complexity index is 793. The molecule has 3 rings (SSSR count). The summed E-state index contributed by atoms with van der Waals surface area (Å²) in [6.45, 7) is 6.75. The van der Waals surface area contributed by atoms with Gasteiger partial charge in [-0.2, -0.15) is 0 Å². The fourth-order valence-corrected chi connectivity index (χ4v) is 2.99. The highest BCUT2D eigenvalue weighted by atomic mass is 16.5. The van der Waals surface area contributed by atoms with Gasteiger partial charge in [-0.1, -0.05) is 24.3 Å². The van der Waals surface area contributed by atoms with E-state index in [0.717, 1.165) is 23.1 Å². The Morgan fingerprint density at radius 2 is 1.71 bits per heavy atom. The summed E-state index contributed by atoms with van der Waals surface area (Å²) in [4.78, 5) is 14.6. The largest absolute Gasteiger partial charge is 0.493 e. The van der Waals surface area contributed by atoms with Gasteiger partial charge in [-0.25, -0.2) is 0 Å². The average molecular weight is 323 g/mol. The molecule has 1 heterocycles. The molecule has 0 saturated carbocycles. The summed E-state index contributed by atoms with van der Waals surface area (Å²) in [5.74, 6) is 1.31. The van der Waals surface area contributed by atoms with Crippen LogP contribution in [0.5, 0.6) is 11.5 Å². The standard InChI is InChI=1S/C20H21NO3/c1-13-5-7-15(8-6-13)20(22)21-10-9-16-11-18(23-3)19(24-4)12-17(16)14(21)2/h5-8,11-12H,2,9-10H2,1,3-4H3. The number of methoxy groups -OCH3 is 2. The van der Waals surface area contributed by atoms with Crippen LogP contribution in [-0.4, -0.2) is 31.6 Å². The highest BCUT2D eigenvalue weighted by Crippen LogP contribution is 2.37. The minimum atomic E-state index is -0.0274. The molecule has 0 N–H and O–H groups in total. The minimum absolute atomic E-state index is 0.0274. The molecule has 0 radical (unpaired) electrons. The monoisotopic (exact) mass is 323 g/mol. The highest BCUT2D eigenvalue weighted by molar-refractivity contribution is 6.00. The first kappa shape index (κ1) is 16.1. The van der Waals surface area contributed by atoms with Gasteiger partial charge in [0.15, 0.2) is 11.5 Å². The molecule has 1 aliphatic heterocycles. The second-order valence-electron chi connectivity index (χ2n) is 5.88. The Morgan fingerprint density at radius 3 is 2.33 bits per heavy atom. The van der Waals surface area contributed by atoms with Crippen molar-refractivity contribution in [3.63, 3.8) is 0 Å². The Balaban J connectivity index is 1.94. The number of fused-ring (bicyclic) bond motifs is 1. The van der Waals surface area contributed by atoms with Crippen molar-refractivity contribution in [2.75, 3.05) is 20.8 Å². The van der Waals surface area contributed by atoms with Gasteiger partial charge in [-0.05, 0) is 43.2 Å². The van der Waals surface area contributed by atoms with Gasteiger partial charge in [-0.15, -0.1) is 0 Å². The predicted molar refractivity (Wildman–Crippen MR) is 94.5 cm³/mol. The Morgan fingerprint density at radius 1 is 1.08 bits per heavy atom. The van der Waals surface area contributed by atoms with E-state index in [4.69, 9.17) is 9.47 Å².